The van der Waals surface area contributed by atoms with E-state index >= 15 is 0 Å². The molecule has 0 amide bonds. The Labute approximate surface area is 127 Å². The van der Waals surface area contributed by atoms with E-state index in [-0.39, 0.29) is 5.97 Å². The van der Waals surface area contributed by atoms with E-state index in [1.54, 1.807) is 6.92 Å². The molecule has 0 spiro atoms. The molecule has 2 bridgehead atoms. The van der Waals surface area contributed by atoms with Crippen LogP contribution in [0.25, 0.3) is 10.1 Å². The summed E-state index contributed by atoms with van der Waals surface area (Å²) in [5, 5.41) is 4.41. The second-order valence-corrected chi connectivity index (χ2v) is 6.38. The third kappa shape index (κ3) is 2.10. The van der Waals surface area contributed by atoms with Crippen LogP contribution in [0.1, 0.15) is 23.8 Å². The monoisotopic (exact) mass is 303 g/mol. The molecule has 0 saturated carbocycles. The topological polar surface area (TPSA) is 54.5 Å². The van der Waals surface area contributed by atoms with Crippen LogP contribution in [0, 0.1) is 0 Å². The molecule has 2 aromatic rings. The molecule has 5 nitrogen and oxygen atoms in total. The fourth-order valence-corrected chi connectivity index (χ4v) is 4.13. The van der Waals surface area contributed by atoms with Crippen molar-refractivity contribution in [2.24, 2.45) is 0 Å². The third-order valence-corrected chi connectivity index (χ3v) is 5.12. The van der Waals surface area contributed by atoms with Gasteiger partial charge < -0.3 is 15.0 Å². The molecule has 2 fully saturated rings. The quantitative estimate of drug-likeness (QED) is 0.879. The molecule has 0 aliphatic carbocycles. The van der Waals surface area contributed by atoms with Crippen LogP contribution >= 0.6 is 11.5 Å². The number of fused-ring (bicyclic) bond motifs is 3. The number of nitrogens with one attached hydrogen (secondary N) is 1. The van der Waals surface area contributed by atoms with Crippen LogP contribution in [0.3, 0.4) is 0 Å². The summed E-state index contributed by atoms with van der Waals surface area (Å²) in [4.78, 5) is 14.3. The number of anilines is 1. The maximum Gasteiger partial charge on any atom is 0.358 e. The fourth-order valence-electron chi connectivity index (χ4n) is 3.33. The second-order valence-electron chi connectivity index (χ2n) is 5.58. The van der Waals surface area contributed by atoms with Crippen LogP contribution in [0.15, 0.2) is 18.2 Å². The number of rotatable bonds is 3. The molecule has 6 heteroatoms. The number of carbonyl (C=O) groups is 1. The lowest BCUT2D eigenvalue weighted by atomic mass is 10.1. The highest BCUT2D eigenvalue weighted by molar-refractivity contribution is 7.13. The SMILES string of the molecule is CCOC(=O)c1nsc2cc(N3C[C@@H]4C[C@H]3CN4)ccc12. The number of hydrogen-bond donors (Lipinski definition) is 1. The summed E-state index contributed by atoms with van der Waals surface area (Å²) < 4.78 is 10.4. The molecular weight excluding hydrogens is 286 g/mol. The minimum absolute atomic E-state index is 0.332. The molecule has 0 unspecified atom stereocenters. The van der Waals surface area contributed by atoms with E-state index < -0.39 is 0 Å². The minimum atomic E-state index is -0.332. The molecule has 21 heavy (non-hydrogen) atoms. The first-order valence-electron chi connectivity index (χ1n) is 7.33. The molecule has 1 aromatic heterocycles. The molecule has 4 rings (SSSR count). The summed E-state index contributed by atoms with van der Waals surface area (Å²) in [6, 6.07) is 7.48. The van der Waals surface area contributed by atoms with Gasteiger partial charge >= 0.3 is 5.97 Å². The fraction of sp³-hybridized carbons (Fsp3) is 0.467. The minimum Gasteiger partial charge on any atom is -0.461 e. The van der Waals surface area contributed by atoms with Gasteiger partial charge in [0, 0.05) is 36.2 Å². The second kappa shape index (κ2) is 4.96. The molecule has 0 radical (unpaired) electrons. The Morgan fingerprint density at radius 1 is 1.57 bits per heavy atom. The molecule has 110 valence electrons. The zero-order valence-electron chi connectivity index (χ0n) is 11.8. The molecular formula is C15H17N3O2S. The van der Waals surface area contributed by atoms with Gasteiger partial charge in [0.05, 0.1) is 11.3 Å². The first-order chi connectivity index (χ1) is 10.3. The van der Waals surface area contributed by atoms with Gasteiger partial charge in [-0.3, -0.25) is 0 Å². The van der Waals surface area contributed by atoms with Gasteiger partial charge in [0.25, 0.3) is 0 Å². The van der Waals surface area contributed by atoms with E-state index in [2.05, 4.69) is 26.7 Å². The highest BCUT2D eigenvalue weighted by Crippen LogP contribution is 2.33. The van der Waals surface area contributed by atoms with Crippen LogP contribution in [-0.2, 0) is 4.74 Å². The molecule has 2 aliphatic rings. The predicted octanol–water partition coefficient (Wildman–Crippen LogP) is 2.02. The summed E-state index contributed by atoms with van der Waals surface area (Å²) >= 11 is 1.37. The Morgan fingerprint density at radius 3 is 3.19 bits per heavy atom. The smallest absolute Gasteiger partial charge is 0.358 e. The maximum atomic E-state index is 11.9. The van der Waals surface area contributed by atoms with Gasteiger partial charge in [-0.1, -0.05) is 0 Å². The summed E-state index contributed by atoms with van der Waals surface area (Å²) in [5.41, 5.74) is 1.67. The van der Waals surface area contributed by atoms with Crippen molar-refractivity contribution in [3.63, 3.8) is 0 Å². The van der Waals surface area contributed by atoms with Crippen molar-refractivity contribution in [1.29, 1.82) is 0 Å². The first kappa shape index (κ1) is 13.0. The number of nitrogens with zero attached hydrogens (tertiary/aromatic N) is 2. The Bertz CT molecular complexity index is 699. The summed E-state index contributed by atoms with van der Waals surface area (Å²) in [6.07, 6.45) is 1.23. The lowest BCUT2D eigenvalue weighted by molar-refractivity contribution is 0.0523. The number of ether oxygens (including phenoxy) is 1. The Morgan fingerprint density at radius 2 is 2.48 bits per heavy atom. The van der Waals surface area contributed by atoms with Gasteiger partial charge in [0.1, 0.15) is 0 Å². The Hall–Kier alpha value is -1.66. The summed E-state index contributed by atoms with van der Waals surface area (Å²) in [6.45, 7) is 4.32. The van der Waals surface area contributed by atoms with Gasteiger partial charge in [-0.05, 0) is 43.1 Å². The van der Waals surface area contributed by atoms with Crippen molar-refractivity contribution in [1.82, 2.24) is 9.69 Å². The average molecular weight is 303 g/mol. The molecule has 1 N–H and O–H groups in total. The average Bonchev–Trinajstić information content (AvgIpc) is 3.21. The highest BCUT2D eigenvalue weighted by Gasteiger charge is 2.37. The summed E-state index contributed by atoms with van der Waals surface area (Å²) in [5.74, 6) is -0.332. The van der Waals surface area contributed by atoms with Gasteiger partial charge in [-0.15, -0.1) is 0 Å². The lowest BCUT2D eigenvalue weighted by Gasteiger charge is -2.29. The van der Waals surface area contributed by atoms with Crippen LogP contribution in [0.5, 0.6) is 0 Å². The lowest BCUT2D eigenvalue weighted by Crippen LogP contribution is -2.43. The predicted molar refractivity (Wildman–Crippen MR) is 83.1 cm³/mol. The number of piperazine rings is 1. The number of esters is 1. The van der Waals surface area contributed by atoms with E-state index in [0.717, 1.165) is 23.2 Å². The third-order valence-electron chi connectivity index (χ3n) is 4.31. The zero-order valence-corrected chi connectivity index (χ0v) is 12.7. The van der Waals surface area contributed by atoms with E-state index in [4.69, 9.17) is 4.74 Å². The zero-order chi connectivity index (χ0) is 14.4. The number of aromatic nitrogens is 1. The highest BCUT2D eigenvalue weighted by atomic mass is 32.1. The largest absolute Gasteiger partial charge is 0.461 e. The summed E-state index contributed by atoms with van der Waals surface area (Å²) in [7, 11) is 0. The number of carbonyl (C=O) groups excluding carboxylic acids is 1. The molecule has 3 heterocycles. The van der Waals surface area contributed by atoms with E-state index in [1.807, 2.05) is 6.07 Å². The number of benzene rings is 1. The molecule has 2 aliphatic heterocycles. The van der Waals surface area contributed by atoms with Crippen LogP contribution in [-0.4, -0.2) is 42.1 Å². The van der Waals surface area contributed by atoms with Gasteiger partial charge in [0.15, 0.2) is 5.69 Å². The van der Waals surface area contributed by atoms with Crippen molar-refractivity contribution in [3.8, 4) is 0 Å². The van der Waals surface area contributed by atoms with Crippen LogP contribution in [0.4, 0.5) is 5.69 Å². The van der Waals surface area contributed by atoms with Crippen molar-refractivity contribution >= 4 is 33.3 Å². The Kier molecular flexibility index (Phi) is 3.08. The van der Waals surface area contributed by atoms with Crippen molar-refractivity contribution in [2.45, 2.75) is 25.4 Å². The standard InChI is InChI=1S/C15H17N3O2S/c1-2-20-15(19)14-12-4-3-10(6-13(12)21-17-14)18-8-9-5-11(18)7-16-9/h3-4,6,9,11,16H,2,5,7-8H2,1H3/t9-,11-/m0/s1. The molecule has 2 saturated heterocycles. The van der Waals surface area contributed by atoms with Crippen LogP contribution < -0.4 is 10.2 Å². The van der Waals surface area contributed by atoms with E-state index in [0.29, 0.717) is 24.4 Å². The Balaban J connectivity index is 1.67. The van der Waals surface area contributed by atoms with E-state index in [1.165, 1.54) is 23.6 Å². The van der Waals surface area contributed by atoms with Gasteiger partial charge in [-0.2, -0.15) is 4.37 Å². The van der Waals surface area contributed by atoms with Crippen molar-refractivity contribution in [2.75, 3.05) is 24.6 Å². The van der Waals surface area contributed by atoms with Crippen LogP contribution in [0.2, 0.25) is 0 Å². The number of hydrogen-bond acceptors (Lipinski definition) is 6. The van der Waals surface area contributed by atoms with Gasteiger partial charge in [-0.25, -0.2) is 4.79 Å². The maximum absolute atomic E-state index is 11.9. The van der Waals surface area contributed by atoms with Crippen molar-refractivity contribution < 1.29 is 9.53 Å². The van der Waals surface area contributed by atoms with Crippen molar-refractivity contribution in [3.05, 3.63) is 23.9 Å². The molecule has 1 aromatic carbocycles. The van der Waals surface area contributed by atoms with E-state index in [9.17, 15) is 4.79 Å². The van der Waals surface area contributed by atoms with Gasteiger partial charge in [0.2, 0.25) is 0 Å². The molecule has 2 atom stereocenters. The normalized spacial score (nSPS) is 24.0. The first-order valence-corrected chi connectivity index (χ1v) is 8.10.